The van der Waals surface area contributed by atoms with Gasteiger partial charge in [-0.15, -0.1) is 5.10 Å². The van der Waals surface area contributed by atoms with Gasteiger partial charge in [-0.1, -0.05) is 24.6 Å². The Hall–Kier alpha value is -0.510. The fourth-order valence-electron chi connectivity index (χ4n) is 3.37. The van der Waals surface area contributed by atoms with Crippen molar-refractivity contribution in [3.63, 3.8) is 0 Å². The van der Waals surface area contributed by atoms with Crippen LogP contribution in [0.25, 0.3) is 0 Å². The summed E-state index contributed by atoms with van der Waals surface area (Å²) in [6.45, 7) is 0. The third kappa shape index (κ3) is 2.12. The van der Waals surface area contributed by atoms with E-state index in [4.69, 9.17) is 0 Å². The third-order valence-corrected chi connectivity index (χ3v) is 5.58. The van der Waals surface area contributed by atoms with Gasteiger partial charge < -0.3 is 0 Å². The Labute approximate surface area is 101 Å². The van der Waals surface area contributed by atoms with Crippen LogP contribution < -0.4 is 0 Å². The Balaban J connectivity index is 1.54. The molecule has 4 heteroatoms. The maximum atomic E-state index is 4.13. The summed E-state index contributed by atoms with van der Waals surface area (Å²) in [5.41, 5.74) is 0.751. The molecule has 0 atom stereocenters. The summed E-state index contributed by atoms with van der Waals surface area (Å²) in [5, 5.41) is 12.5. The van der Waals surface area contributed by atoms with E-state index in [1.807, 2.05) is 18.0 Å². The molecule has 88 valence electrons. The molecular formula is C12H19N3S. The maximum Gasteiger partial charge on any atom is 0.138 e. The molecule has 1 aromatic heterocycles. The first-order chi connectivity index (χ1) is 7.86. The topological polar surface area (TPSA) is 41.6 Å². The first-order valence-electron chi connectivity index (χ1n) is 6.39. The molecule has 16 heavy (non-hydrogen) atoms. The molecule has 1 heterocycles. The normalized spacial score (nSPS) is 25.2. The zero-order chi connectivity index (χ0) is 10.8. The zero-order valence-electron chi connectivity index (χ0n) is 9.61. The van der Waals surface area contributed by atoms with Gasteiger partial charge in [0, 0.05) is 5.25 Å². The number of thioether (sulfide) groups is 1. The van der Waals surface area contributed by atoms with Gasteiger partial charge in [-0.25, -0.2) is 0 Å². The number of rotatable bonds is 2. The molecule has 0 aromatic carbocycles. The first kappa shape index (κ1) is 10.6. The highest BCUT2D eigenvalue weighted by atomic mass is 32.2. The predicted molar refractivity (Wildman–Crippen MR) is 65.4 cm³/mol. The lowest BCUT2D eigenvalue weighted by Gasteiger charge is -2.36. The molecule has 0 bridgehead atoms. The Kier molecular flexibility index (Phi) is 2.92. The van der Waals surface area contributed by atoms with Crippen LogP contribution >= 0.6 is 11.8 Å². The summed E-state index contributed by atoms with van der Waals surface area (Å²) in [6, 6.07) is 0. The van der Waals surface area contributed by atoms with Crippen molar-refractivity contribution in [2.45, 2.75) is 61.6 Å². The number of aromatic nitrogens is 3. The lowest BCUT2D eigenvalue weighted by molar-refractivity contribution is 0.201. The number of aromatic amines is 1. The predicted octanol–water partition coefficient (Wildman–Crippen LogP) is 3.40. The average molecular weight is 237 g/mol. The van der Waals surface area contributed by atoms with Gasteiger partial charge in [0.05, 0.1) is 6.20 Å². The van der Waals surface area contributed by atoms with Crippen molar-refractivity contribution in [2.75, 3.05) is 0 Å². The molecule has 0 amide bonds. The molecule has 2 aliphatic rings. The van der Waals surface area contributed by atoms with Crippen LogP contribution in [0.2, 0.25) is 0 Å². The fourth-order valence-corrected chi connectivity index (χ4v) is 4.39. The molecule has 1 N–H and O–H groups in total. The summed E-state index contributed by atoms with van der Waals surface area (Å²) < 4.78 is 0. The number of nitrogens with zero attached hydrogens (tertiary/aromatic N) is 2. The van der Waals surface area contributed by atoms with Crippen molar-refractivity contribution in [3.05, 3.63) is 6.20 Å². The molecule has 1 spiro atoms. The summed E-state index contributed by atoms with van der Waals surface area (Å²) >= 11 is 1.91. The lowest BCUT2D eigenvalue weighted by atomic mass is 9.73. The smallest absolute Gasteiger partial charge is 0.138 e. The highest BCUT2D eigenvalue weighted by molar-refractivity contribution is 7.99. The Morgan fingerprint density at radius 3 is 2.56 bits per heavy atom. The zero-order valence-corrected chi connectivity index (χ0v) is 10.4. The second-order valence-electron chi connectivity index (χ2n) is 5.33. The van der Waals surface area contributed by atoms with Gasteiger partial charge in [0.25, 0.3) is 0 Å². The quantitative estimate of drug-likeness (QED) is 0.857. The Morgan fingerprint density at radius 1 is 1.19 bits per heavy atom. The van der Waals surface area contributed by atoms with Gasteiger partial charge in [-0.3, -0.25) is 0 Å². The van der Waals surface area contributed by atoms with E-state index in [1.54, 1.807) is 0 Å². The molecule has 2 aliphatic carbocycles. The van der Waals surface area contributed by atoms with Crippen molar-refractivity contribution >= 4 is 11.8 Å². The van der Waals surface area contributed by atoms with Crippen LogP contribution in [0, 0.1) is 5.41 Å². The first-order valence-corrected chi connectivity index (χ1v) is 7.27. The van der Waals surface area contributed by atoms with Crippen LogP contribution in [0.5, 0.6) is 0 Å². The van der Waals surface area contributed by atoms with E-state index in [9.17, 15) is 0 Å². The van der Waals surface area contributed by atoms with Gasteiger partial charge in [0.1, 0.15) is 5.03 Å². The van der Waals surface area contributed by atoms with Crippen molar-refractivity contribution in [2.24, 2.45) is 5.41 Å². The molecule has 3 nitrogen and oxygen atoms in total. The summed E-state index contributed by atoms with van der Waals surface area (Å²) in [5.74, 6) is 0. The SMILES string of the molecule is c1n[nH]nc1SC1CCC2(CCCC2)CC1. The van der Waals surface area contributed by atoms with E-state index >= 15 is 0 Å². The van der Waals surface area contributed by atoms with Crippen molar-refractivity contribution in [1.82, 2.24) is 15.4 Å². The largest absolute Gasteiger partial charge is 0.197 e. The lowest BCUT2D eigenvalue weighted by Crippen LogP contribution is -2.25. The van der Waals surface area contributed by atoms with Crippen molar-refractivity contribution < 1.29 is 0 Å². The van der Waals surface area contributed by atoms with E-state index in [0.29, 0.717) is 0 Å². The highest BCUT2D eigenvalue weighted by Gasteiger charge is 2.37. The van der Waals surface area contributed by atoms with Gasteiger partial charge in [-0.05, 0) is 43.9 Å². The van der Waals surface area contributed by atoms with Gasteiger partial charge in [0.15, 0.2) is 0 Å². The molecule has 0 radical (unpaired) electrons. The summed E-state index contributed by atoms with van der Waals surface area (Å²) in [4.78, 5) is 0. The van der Waals surface area contributed by atoms with E-state index in [0.717, 1.165) is 15.7 Å². The van der Waals surface area contributed by atoms with Gasteiger partial charge >= 0.3 is 0 Å². The Bertz CT molecular complexity index is 320. The minimum atomic E-state index is 0.751. The van der Waals surface area contributed by atoms with Crippen LogP contribution in [-0.4, -0.2) is 20.7 Å². The fraction of sp³-hybridized carbons (Fsp3) is 0.833. The molecule has 1 aromatic rings. The van der Waals surface area contributed by atoms with E-state index in [2.05, 4.69) is 15.4 Å². The number of hydrogen-bond donors (Lipinski definition) is 1. The molecule has 0 unspecified atom stereocenters. The van der Waals surface area contributed by atoms with E-state index in [-0.39, 0.29) is 0 Å². The van der Waals surface area contributed by atoms with Crippen LogP contribution in [0.1, 0.15) is 51.4 Å². The molecular weight excluding hydrogens is 218 g/mol. The standard InChI is InChI=1S/C12H19N3S/c1-2-6-12(5-1)7-3-10(4-8-12)16-11-9-13-15-14-11/h9-10H,1-8H2,(H,13,14,15). The minimum absolute atomic E-state index is 0.751. The van der Waals surface area contributed by atoms with Gasteiger partial charge in [0.2, 0.25) is 0 Å². The monoisotopic (exact) mass is 237 g/mol. The van der Waals surface area contributed by atoms with Gasteiger partial charge in [-0.2, -0.15) is 10.3 Å². The van der Waals surface area contributed by atoms with E-state index in [1.165, 1.54) is 51.4 Å². The molecule has 3 rings (SSSR count). The highest BCUT2D eigenvalue weighted by Crippen LogP contribution is 2.51. The number of hydrogen-bond acceptors (Lipinski definition) is 3. The molecule has 0 aliphatic heterocycles. The maximum absolute atomic E-state index is 4.13. The second kappa shape index (κ2) is 4.40. The minimum Gasteiger partial charge on any atom is -0.197 e. The second-order valence-corrected chi connectivity index (χ2v) is 6.65. The average Bonchev–Trinajstić information content (AvgIpc) is 2.94. The van der Waals surface area contributed by atoms with Crippen LogP contribution in [0.4, 0.5) is 0 Å². The summed E-state index contributed by atoms with van der Waals surface area (Å²) in [7, 11) is 0. The Morgan fingerprint density at radius 2 is 1.94 bits per heavy atom. The van der Waals surface area contributed by atoms with Crippen LogP contribution in [0.15, 0.2) is 11.2 Å². The van der Waals surface area contributed by atoms with Crippen LogP contribution in [-0.2, 0) is 0 Å². The molecule has 2 saturated carbocycles. The van der Waals surface area contributed by atoms with E-state index < -0.39 is 0 Å². The number of H-pyrrole nitrogens is 1. The van der Waals surface area contributed by atoms with Crippen molar-refractivity contribution in [1.29, 1.82) is 0 Å². The van der Waals surface area contributed by atoms with Crippen LogP contribution in [0.3, 0.4) is 0 Å². The molecule has 0 saturated heterocycles. The number of nitrogens with one attached hydrogen (secondary N) is 1. The van der Waals surface area contributed by atoms with Crippen molar-refractivity contribution in [3.8, 4) is 0 Å². The third-order valence-electron chi connectivity index (χ3n) is 4.34. The molecule has 2 fully saturated rings. The summed E-state index contributed by atoms with van der Waals surface area (Å²) in [6.07, 6.45) is 13.4.